The molecule has 0 fully saturated rings. The van der Waals surface area contributed by atoms with Crippen LogP contribution in [0.5, 0.6) is 23.0 Å². The van der Waals surface area contributed by atoms with Crippen molar-refractivity contribution in [3.8, 4) is 46.3 Å². The van der Waals surface area contributed by atoms with Gasteiger partial charge in [-0.25, -0.2) is 4.79 Å². The van der Waals surface area contributed by atoms with E-state index >= 15 is 0 Å². The Hall–Kier alpha value is -5.86. The predicted octanol–water partition coefficient (Wildman–Crippen LogP) is 4.13. The summed E-state index contributed by atoms with van der Waals surface area (Å²) in [7, 11) is 0. The Morgan fingerprint density at radius 1 is 0.882 bits per heavy atom. The molecule has 4 aromatic rings. The minimum absolute atomic E-state index is 0.120. The lowest BCUT2D eigenvalue weighted by molar-refractivity contribution is 0.137. The predicted molar refractivity (Wildman–Crippen MR) is 187 cm³/mol. The zero-order chi connectivity index (χ0) is 35.8. The molecule has 0 unspecified atom stereocenters. The average molecular weight is 693 g/mol. The molecule has 2 amide bonds. The molecule has 0 saturated carbocycles. The smallest absolute Gasteiger partial charge is 0.314 e. The molecule has 2 heterocycles. The number of aromatic nitrogens is 1. The van der Waals surface area contributed by atoms with E-state index in [1.165, 1.54) is 6.20 Å². The summed E-state index contributed by atoms with van der Waals surface area (Å²) in [6.07, 6.45) is 3.16. The summed E-state index contributed by atoms with van der Waals surface area (Å²) in [5, 5.41) is 36.8. The van der Waals surface area contributed by atoms with Crippen molar-refractivity contribution in [3.05, 3.63) is 100 Å². The Morgan fingerprint density at radius 3 is 2.51 bits per heavy atom. The number of nitrogens with one attached hydrogen (secondary N) is 3. The fourth-order valence-electron chi connectivity index (χ4n) is 5.34. The van der Waals surface area contributed by atoms with E-state index in [1.54, 1.807) is 12.3 Å². The standard InChI is InChI=1S/C38H40N6O7/c1-26-15-31(23-41-8-11-47-12-9-44-38(46)43-7-10-45)36(50-24-28-16-27(19-39)21-42-22-28)18-35(26)51-25-30-3-2-4-32(33(30)20-40)29-5-6-34-37(17-29)49-14-13-48-34/h2-6,15-18,21-22,41,45H,7-14,23-25H2,1H3,(H2,43,44,46). The van der Waals surface area contributed by atoms with E-state index in [0.29, 0.717) is 80.2 Å². The van der Waals surface area contributed by atoms with E-state index in [-0.39, 0.29) is 32.4 Å². The molecule has 4 N–H and O–H groups in total. The van der Waals surface area contributed by atoms with E-state index in [2.05, 4.69) is 33.1 Å². The number of amides is 2. The van der Waals surface area contributed by atoms with Gasteiger partial charge in [0.05, 0.1) is 30.9 Å². The van der Waals surface area contributed by atoms with Crippen LogP contribution in [0.15, 0.2) is 67.0 Å². The molecule has 0 saturated heterocycles. The first kappa shape index (κ1) is 36.4. The van der Waals surface area contributed by atoms with Gasteiger partial charge in [0.25, 0.3) is 0 Å². The van der Waals surface area contributed by atoms with Crippen LogP contribution in [0.4, 0.5) is 4.79 Å². The largest absolute Gasteiger partial charge is 0.488 e. The maximum Gasteiger partial charge on any atom is 0.314 e. The molecular weight excluding hydrogens is 652 g/mol. The number of nitrogens with zero attached hydrogens (tertiary/aromatic N) is 3. The monoisotopic (exact) mass is 692 g/mol. The van der Waals surface area contributed by atoms with Gasteiger partial charge in [0.2, 0.25) is 0 Å². The number of pyridine rings is 1. The number of carbonyl (C=O) groups excluding carboxylic acids is 1. The minimum Gasteiger partial charge on any atom is -0.488 e. The molecule has 0 radical (unpaired) electrons. The Kier molecular flexibility index (Phi) is 13.4. The van der Waals surface area contributed by atoms with Gasteiger partial charge in [-0.05, 0) is 47.9 Å². The lowest BCUT2D eigenvalue weighted by atomic mass is 9.96. The van der Waals surface area contributed by atoms with Crippen LogP contribution in [-0.2, 0) is 24.5 Å². The van der Waals surface area contributed by atoms with Crippen LogP contribution >= 0.6 is 0 Å². The van der Waals surface area contributed by atoms with Crippen molar-refractivity contribution in [2.75, 3.05) is 52.7 Å². The van der Waals surface area contributed by atoms with Crippen molar-refractivity contribution >= 4 is 6.03 Å². The average Bonchev–Trinajstić information content (AvgIpc) is 3.16. The van der Waals surface area contributed by atoms with Crippen molar-refractivity contribution in [3.63, 3.8) is 0 Å². The number of aryl methyl sites for hydroxylation is 1. The third-order valence-electron chi connectivity index (χ3n) is 7.84. The summed E-state index contributed by atoms with van der Waals surface area (Å²) < 4.78 is 29.6. The molecule has 13 nitrogen and oxygen atoms in total. The summed E-state index contributed by atoms with van der Waals surface area (Å²) in [5.74, 6) is 2.53. The van der Waals surface area contributed by atoms with Crippen molar-refractivity contribution in [1.82, 2.24) is 20.9 Å². The highest BCUT2D eigenvalue weighted by Gasteiger charge is 2.17. The molecule has 0 spiro atoms. The van der Waals surface area contributed by atoms with Crippen molar-refractivity contribution in [2.24, 2.45) is 0 Å². The van der Waals surface area contributed by atoms with E-state index in [9.17, 15) is 15.3 Å². The summed E-state index contributed by atoms with van der Waals surface area (Å²) in [4.78, 5) is 15.7. The fraction of sp³-hybridized carbons (Fsp3) is 0.316. The van der Waals surface area contributed by atoms with Crippen molar-refractivity contribution < 1.29 is 33.6 Å². The van der Waals surface area contributed by atoms with Crippen LogP contribution in [0.3, 0.4) is 0 Å². The summed E-state index contributed by atoms with van der Waals surface area (Å²) in [5.41, 5.74) is 5.83. The topological polar surface area (TPSA) is 180 Å². The molecule has 0 aliphatic carbocycles. The lowest BCUT2D eigenvalue weighted by Gasteiger charge is -2.19. The number of benzene rings is 3. The Balaban J connectivity index is 1.25. The Labute approximate surface area is 296 Å². The van der Waals surface area contributed by atoms with E-state index < -0.39 is 0 Å². The summed E-state index contributed by atoms with van der Waals surface area (Å²) >= 11 is 0. The fourth-order valence-corrected chi connectivity index (χ4v) is 5.34. The van der Waals surface area contributed by atoms with Gasteiger partial charge < -0.3 is 44.7 Å². The number of aliphatic hydroxyl groups is 1. The van der Waals surface area contributed by atoms with Gasteiger partial charge in [-0.1, -0.05) is 24.3 Å². The zero-order valence-electron chi connectivity index (χ0n) is 28.4. The van der Waals surface area contributed by atoms with Crippen LogP contribution in [0, 0.1) is 29.6 Å². The Morgan fingerprint density at radius 2 is 1.69 bits per heavy atom. The molecule has 0 atom stereocenters. The molecule has 264 valence electrons. The van der Waals surface area contributed by atoms with Crippen molar-refractivity contribution in [2.45, 2.75) is 26.7 Å². The summed E-state index contributed by atoms with van der Waals surface area (Å²) in [6.45, 7) is 5.49. The van der Waals surface area contributed by atoms with Crippen LogP contribution < -0.4 is 34.9 Å². The maximum atomic E-state index is 11.5. The third kappa shape index (κ3) is 10.3. The summed E-state index contributed by atoms with van der Waals surface area (Å²) in [6, 6.07) is 21.0. The first-order valence-corrected chi connectivity index (χ1v) is 16.5. The molecule has 3 aromatic carbocycles. The number of aliphatic hydroxyl groups excluding tert-OH is 1. The van der Waals surface area contributed by atoms with Crippen LogP contribution in [0.1, 0.15) is 33.4 Å². The van der Waals surface area contributed by atoms with Gasteiger partial charge >= 0.3 is 6.03 Å². The van der Waals surface area contributed by atoms with Gasteiger partial charge in [0.1, 0.15) is 50.1 Å². The number of carbonyl (C=O) groups is 1. The number of fused-ring (bicyclic) bond motifs is 1. The number of rotatable bonds is 17. The minimum atomic E-state index is -0.355. The molecule has 51 heavy (non-hydrogen) atoms. The van der Waals surface area contributed by atoms with Crippen LogP contribution in [0.25, 0.3) is 11.1 Å². The SMILES string of the molecule is Cc1cc(CNCCOCCNC(=O)NCCO)c(OCc2cncc(C#N)c2)cc1OCc1cccc(-c2ccc3c(c2)OCCO3)c1C#N. The second kappa shape index (κ2) is 18.8. The van der Waals surface area contributed by atoms with Gasteiger partial charge in [0, 0.05) is 61.3 Å². The van der Waals surface area contributed by atoms with E-state index in [4.69, 9.17) is 28.8 Å². The highest BCUT2D eigenvalue weighted by atomic mass is 16.6. The molecule has 5 rings (SSSR count). The molecule has 1 aliphatic heterocycles. The van der Waals surface area contributed by atoms with Gasteiger partial charge in [-0.3, -0.25) is 4.98 Å². The van der Waals surface area contributed by atoms with Gasteiger partial charge in [-0.15, -0.1) is 0 Å². The normalized spacial score (nSPS) is 11.6. The van der Waals surface area contributed by atoms with Gasteiger partial charge in [0.15, 0.2) is 11.5 Å². The van der Waals surface area contributed by atoms with Gasteiger partial charge in [-0.2, -0.15) is 10.5 Å². The second-order valence-electron chi connectivity index (χ2n) is 11.5. The number of hydrogen-bond donors (Lipinski definition) is 4. The maximum absolute atomic E-state index is 11.5. The number of ether oxygens (including phenoxy) is 5. The number of hydrogen-bond acceptors (Lipinski definition) is 11. The second-order valence-corrected chi connectivity index (χ2v) is 11.5. The number of nitriles is 2. The quantitative estimate of drug-likeness (QED) is 0.117. The molecular formula is C38H40N6O7. The van der Waals surface area contributed by atoms with Crippen LogP contribution in [-0.4, -0.2) is 68.8 Å². The Bertz CT molecular complexity index is 1890. The first-order chi connectivity index (χ1) is 25.0. The number of urea groups is 1. The zero-order valence-corrected chi connectivity index (χ0v) is 28.4. The lowest BCUT2D eigenvalue weighted by Crippen LogP contribution is -2.38. The molecule has 1 aromatic heterocycles. The molecule has 0 bridgehead atoms. The first-order valence-electron chi connectivity index (χ1n) is 16.5. The molecule has 1 aliphatic rings. The molecule has 13 heteroatoms. The highest BCUT2D eigenvalue weighted by molar-refractivity contribution is 5.74. The van der Waals surface area contributed by atoms with E-state index in [0.717, 1.165) is 33.4 Å². The van der Waals surface area contributed by atoms with E-state index in [1.807, 2.05) is 55.5 Å². The highest BCUT2D eigenvalue weighted by Crippen LogP contribution is 2.37. The third-order valence-corrected chi connectivity index (χ3v) is 7.84. The van der Waals surface area contributed by atoms with Crippen LogP contribution in [0.2, 0.25) is 0 Å². The van der Waals surface area contributed by atoms with Crippen molar-refractivity contribution in [1.29, 1.82) is 10.5 Å².